The lowest BCUT2D eigenvalue weighted by Crippen LogP contribution is -2.44. The van der Waals surface area contributed by atoms with E-state index < -0.39 is 0 Å². The predicted molar refractivity (Wildman–Crippen MR) is 84.1 cm³/mol. The van der Waals surface area contributed by atoms with Gasteiger partial charge in [0.2, 0.25) is 0 Å². The van der Waals surface area contributed by atoms with E-state index in [0.29, 0.717) is 11.7 Å². The first-order valence-electron chi connectivity index (χ1n) is 6.94. The van der Waals surface area contributed by atoms with Crippen LogP contribution in [0.15, 0.2) is 28.8 Å². The summed E-state index contributed by atoms with van der Waals surface area (Å²) in [5.74, 6) is 1.19. The van der Waals surface area contributed by atoms with Gasteiger partial charge in [0.05, 0.1) is 5.54 Å². The van der Waals surface area contributed by atoms with Crippen molar-refractivity contribution in [2.45, 2.75) is 31.3 Å². The highest BCUT2D eigenvalue weighted by molar-refractivity contribution is 5.85. The van der Waals surface area contributed by atoms with Gasteiger partial charge in [0.15, 0.2) is 5.82 Å². The van der Waals surface area contributed by atoms with Crippen molar-refractivity contribution in [3.8, 4) is 11.5 Å². The van der Waals surface area contributed by atoms with Gasteiger partial charge in [-0.1, -0.05) is 17.3 Å². The second-order valence-electron chi connectivity index (χ2n) is 5.87. The molecule has 0 radical (unpaired) electrons. The van der Waals surface area contributed by atoms with Crippen molar-refractivity contribution in [2.24, 2.45) is 5.73 Å². The van der Waals surface area contributed by atoms with E-state index in [1.807, 2.05) is 26.2 Å². The first-order chi connectivity index (χ1) is 9.57. The van der Waals surface area contributed by atoms with Gasteiger partial charge in [-0.3, -0.25) is 0 Å². The summed E-state index contributed by atoms with van der Waals surface area (Å²) in [6.45, 7) is 0.885. The zero-order chi connectivity index (χ0) is 14.2. The van der Waals surface area contributed by atoms with Crippen LogP contribution in [0, 0.1) is 0 Å². The largest absolute Gasteiger partial charge is 0.334 e. The predicted octanol–water partition coefficient (Wildman–Crippen LogP) is 2.56. The Balaban J connectivity index is 0.00000161. The zero-order valence-corrected chi connectivity index (χ0v) is 13.2. The minimum Gasteiger partial charge on any atom is -0.334 e. The number of hydrogen-bond acceptors (Lipinski definition) is 5. The molecule has 1 saturated carbocycles. The van der Waals surface area contributed by atoms with E-state index in [1.165, 1.54) is 5.56 Å². The van der Waals surface area contributed by atoms with Gasteiger partial charge in [-0.25, -0.2) is 0 Å². The molecule has 0 saturated heterocycles. The zero-order valence-electron chi connectivity index (χ0n) is 12.4. The van der Waals surface area contributed by atoms with Crippen LogP contribution in [0.25, 0.3) is 11.5 Å². The molecule has 114 valence electrons. The van der Waals surface area contributed by atoms with Crippen LogP contribution in [-0.4, -0.2) is 29.1 Å². The molecule has 0 aliphatic heterocycles. The molecule has 0 unspecified atom stereocenters. The van der Waals surface area contributed by atoms with E-state index in [-0.39, 0.29) is 17.9 Å². The van der Waals surface area contributed by atoms with Gasteiger partial charge in [-0.05, 0) is 51.1 Å². The van der Waals surface area contributed by atoms with E-state index >= 15 is 0 Å². The highest BCUT2D eigenvalue weighted by Gasteiger charge is 2.39. The van der Waals surface area contributed by atoms with Crippen molar-refractivity contribution in [2.75, 3.05) is 14.1 Å². The topological polar surface area (TPSA) is 68.2 Å². The van der Waals surface area contributed by atoms with E-state index in [0.717, 1.165) is 31.4 Å². The number of halogens is 1. The molecule has 1 fully saturated rings. The van der Waals surface area contributed by atoms with Crippen molar-refractivity contribution < 1.29 is 4.52 Å². The number of rotatable bonds is 4. The molecule has 0 spiro atoms. The quantitative estimate of drug-likeness (QED) is 0.940. The number of nitrogens with zero attached hydrogens (tertiary/aromatic N) is 3. The van der Waals surface area contributed by atoms with Gasteiger partial charge < -0.3 is 15.2 Å². The molecule has 1 aromatic carbocycles. The van der Waals surface area contributed by atoms with Crippen molar-refractivity contribution >= 4 is 12.4 Å². The van der Waals surface area contributed by atoms with Crippen LogP contribution in [0.4, 0.5) is 0 Å². The summed E-state index contributed by atoms with van der Waals surface area (Å²) in [7, 11) is 4.10. The Hall–Kier alpha value is -1.43. The molecule has 21 heavy (non-hydrogen) atoms. The van der Waals surface area contributed by atoms with Gasteiger partial charge in [0.1, 0.15) is 0 Å². The highest BCUT2D eigenvalue weighted by Crippen LogP contribution is 2.37. The monoisotopic (exact) mass is 308 g/mol. The third-order valence-electron chi connectivity index (χ3n) is 3.79. The molecule has 1 aromatic heterocycles. The fourth-order valence-corrected chi connectivity index (χ4v) is 2.49. The van der Waals surface area contributed by atoms with Crippen molar-refractivity contribution in [3.05, 3.63) is 35.7 Å². The standard InChI is InChI=1S/C15H20N4O.ClH/c1-19(2)10-11-5-3-6-12(9-11)13-17-14(18-20-13)15(16)7-4-8-15;/h3,5-6,9H,4,7-8,10,16H2,1-2H3;1H. The van der Waals surface area contributed by atoms with Gasteiger partial charge in [0.25, 0.3) is 5.89 Å². The average Bonchev–Trinajstić information content (AvgIpc) is 2.85. The van der Waals surface area contributed by atoms with Gasteiger partial charge in [-0.2, -0.15) is 4.98 Å². The first-order valence-corrected chi connectivity index (χ1v) is 6.94. The molecule has 1 heterocycles. The van der Waals surface area contributed by atoms with Crippen LogP contribution >= 0.6 is 12.4 Å². The van der Waals surface area contributed by atoms with E-state index in [2.05, 4.69) is 27.2 Å². The van der Waals surface area contributed by atoms with E-state index in [9.17, 15) is 0 Å². The van der Waals surface area contributed by atoms with Crippen LogP contribution in [-0.2, 0) is 12.1 Å². The van der Waals surface area contributed by atoms with E-state index in [4.69, 9.17) is 10.3 Å². The van der Waals surface area contributed by atoms with Crippen LogP contribution in [0.1, 0.15) is 30.7 Å². The molecule has 2 N–H and O–H groups in total. The molecule has 6 heteroatoms. The van der Waals surface area contributed by atoms with Crippen LogP contribution in [0.3, 0.4) is 0 Å². The Morgan fingerprint density at radius 1 is 1.33 bits per heavy atom. The number of aromatic nitrogens is 2. The van der Waals surface area contributed by atoms with Crippen molar-refractivity contribution in [3.63, 3.8) is 0 Å². The lowest BCUT2D eigenvalue weighted by atomic mass is 9.77. The fourth-order valence-electron chi connectivity index (χ4n) is 2.49. The van der Waals surface area contributed by atoms with Gasteiger partial charge in [-0.15, -0.1) is 12.4 Å². The molecule has 3 rings (SSSR count). The minimum absolute atomic E-state index is 0. The minimum atomic E-state index is -0.372. The summed E-state index contributed by atoms with van der Waals surface area (Å²) in [5, 5.41) is 4.06. The molecule has 1 aliphatic rings. The lowest BCUT2D eigenvalue weighted by Gasteiger charge is -2.34. The maximum absolute atomic E-state index is 6.22. The molecule has 5 nitrogen and oxygen atoms in total. The molecular formula is C15H21ClN4O. The van der Waals surface area contributed by atoms with Gasteiger partial charge in [0, 0.05) is 12.1 Å². The summed E-state index contributed by atoms with van der Waals surface area (Å²) in [4.78, 5) is 6.60. The second kappa shape index (κ2) is 6.13. The summed E-state index contributed by atoms with van der Waals surface area (Å²) in [6, 6.07) is 8.18. The summed E-state index contributed by atoms with van der Waals surface area (Å²) < 4.78 is 5.38. The number of hydrogen-bond donors (Lipinski definition) is 1. The maximum atomic E-state index is 6.22. The van der Waals surface area contributed by atoms with Crippen LogP contribution in [0.5, 0.6) is 0 Å². The lowest BCUT2D eigenvalue weighted by molar-refractivity contribution is 0.229. The van der Waals surface area contributed by atoms with Gasteiger partial charge >= 0.3 is 0 Å². The summed E-state index contributed by atoms with van der Waals surface area (Å²) in [6.07, 6.45) is 3.01. The van der Waals surface area contributed by atoms with Crippen LogP contribution < -0.4 is 5.73 Å². The number of nitrogens with two attached hydrogens (primary N) is 1. The Morgan fingerprint density at radius 3 is 2.71 bits per heavy atom. The molecular weight excluding hydrogens is 288 g/mol. The van der Waals surface area contributed by atoms with Crippen LogP contribution in [0.2, 0.25) is 0 Å². The average molecular weight is 309 g/mol. The Kier molecular flexibility index (Phi) is 4.66. The van der Waals surface area contributed by atoms with E-state index in [1.54, 1.807) is 0 Å². The normalized spacial score (nSPS) is 16.4. The molecule has 0 atom stereocenters. The molecule has 1 aliphatic carbocycles. The summed E-state index contributed by atoms with van der Waals surface area (Å²) >= 11 is 0. The fraction of sp³-hybridized carbons (Fsp3) is 0.467. The SMILES string of the molecule is CN(C)Cc1cccc(-c2nc(C3(N)CCC3)no2)c1.Cl. The molecule has 0 amide bonds. The highest BCUT2D eigenvalue weighted by atomic mass is 35.5. The molecule has 2 aromatic rings. The Labute approximate surface area is 130 Å². The molecule has 0 bridgehead atoms. The van der Waals surface area contributed by atoms with Crippen molar-refractivity contribution in [1.29, 1.82) is 0 Å². The third kappa shape index (κ3) is 3.26. The Morgan fingerprint density at radius 2 is 2.10 bits per heavy atom. The smallest absolute Gasteiger partial charge is 0.258 e. The summed E-state index contributed by atoms with van der Waals surface area (Å²) in [5.41, 5.74) is 8.02. The first kappa shape index (κ1) is 15.9. The van der Waals surface area contributed by atoms with Crippen molar-refractivity contribution in [1.82, 2.24) is 15.0 Å². The number of benzene rings is 1. The Bertz CT molecular complexity index is 607. The third-order valence-corrected chi connectivity index (χ3v) is 3.79. The maximum Gasteiger partial charge on any atom is 0.258 e. The second-order valence-corrected chi connectivity index (χ2v) is 5.87.